The molecule has 1 heterocycles. The van der Waals surface area contributed by atoms with Crippen LogP contribution in [-0.4, -0.2) is 74.7 Å². The Bertz CT molecular complexity index is 865. The van der Waals surface area contributed by atoms with E-state index in [4.69, 9.17) is 4.74 Å². The molecule has 0 saturated carbocycles. The van der Waals surface area contributed by atoms with Gasteiger partial charge >= 0.3 is 0 Å². The van der Waals surface area contributed by atoms with E-state index in [2.05, 4.69) is 85.3 Å². The highest BCUT2D eigenvalue weighted by Crippen LogP contribution is 2.39. The smallest absolute Gasteiger partial charge is 0.234 e. The van der Waals surface area contributed by atoms with Crippen LogP contribution in [0.15, 0.2) is 42.5 Å². The zero-order valence-corrected chi connectivity index (χ0v) is 22.9. The fraction of sp³-hybridized carbons (Fsp3) is 0.593. The first kappa shape index (κ1) is 30.7. The van der Waals surface area contributed by atoms with Crippen LogP contribution < -0.4 is 5.32 Å². The average Bonchev–Trinajstić information content (AvgIpc) is 2.83. The minimum atomic E-state index is -0.141. The van der Waals surface area contributed by atoms with Crippen LogP contribution in [0.2, 0.25) is 0 Å². The van der Waals surface area contributed by atoms with Gasteiger partial charge in [-0.2, -0.15) is 0 Å². The number of amides is 1. The largest absolute Gasteiger partial charge is 0.379 e. The molecular weight excluding hydrogens is 469 g/mol. The van der Waals surface area contributed by atoms with Crippen LogP contribution in [0.5, 0.6) is 0 Å². The van der Waals surface area contributed by atoms with Gasteiger partial charge in [0.15, 0.2) is 0 Å². The van der Waals surface area contributed by atoms with Gasteiger partial charge in [0, 0.05) is 25.0 Å². The fourth-order valence-corrected chi connectivity index (χ4v) is 4.93. The maximum Gasteiger partial charge on any atom is 0.234 e. The van der Waals surface area contributed by atoms with Gasteiger partial charge in [-0.15, -0.1) is 24.8 Å². The van der Waals surface area contributed by atoms with Crippen LogP contribution >= 0.6 is 24.8 Å². The van der Waals surface area contributed by atoms with Crippen LogP contribution in [0.4, 0.5) is 0 Å². The van der Waals surface area contributed by atoms with E-state index >= 15 is 0 Å². The monoisotopic (exact) mass is 511 g/mol. The molecule has 34 heavy (non-hydrogen) atoms. The number of carbonyl (C=O) groups excluding carboxylic acids is 1. The van der Waals surface area contributed by atoms with E-state index in [-0.39, 0.29) is 36.1 Å². The minimum absolute atomic E-state index is 0. The Morgan fingerprint density at radius 2 is 1.71 bits per heavy atom. The highest BCUT2D eigenvalue weighted by atomic mass is 35.5. The maximum absolute atomic E-state index is 12.9. The molecule has 0 aromatic heterocycles. The maximum atomic E-state index is 12.9. The van der Waals surface area contributed by atoms with Crippen LogP contribution in [0.25, 0.3) is 10.8 Å². The molecule has 0 bridgehead atoms. The SMILES string of the molecule is CCN(CC)CC(=O)NCC(CCN1CCOCC1)(c1cccc2ccccc12)C(C)C.Cl.Cl. The number of hydrogen-bond acceptors (Lipinski definition) is 4. The molecule has 192 valence electrons. The number of ether oxygens (including phenoxy) is 1. The quantitative estimate of drug-likeness (QED) is 0.472. The van der Waals surface area contributed by atoms with Crippen molar-refractivity contribution in [2.75, 3.05) is 59.0 Å². The number of carbonyl (C=O) groups is 1. The number of halogens is 2. The van der Waals surface area contributed by atoms with Gasteiger partial charge in [0.1, 0.15) is 0 Å². The van der Waals surface area contributed by atoms with Crippen LogP contribution in [0.3, 0.4) is 0 Å². The van der Waals surface area contributed by atoms with Crippen LogP contribution in [0.1, 0.15) is 39.7 Å². The second kappa shape index (κ2) is 14.9. The van der Waals surface area contributed by atoms with Crippen molar-refractivity contribution in [1.29, 1.82) is 0 Å². The number of morpholine rings is 1. The molecule has 1 aliphatic heterocycles. The molecular formula is C27H43Cl2N3O2. The summed E-state index contributed by atoms with van der Waals surface area (Å²) in [6, 6.07) is 15.3. The zero-order valence-electron chi connectivity index (χ0n) is 21.2. The summed E-state index contributed by atoms with van der Waals surface area (Å²) >= 11 is 0. The number of benzene rings is 2. The molecule has 3 rings (SSSR count). The lowest BCUT2D eigenvalue weighted by molar-refractivity contribution is -0.122. The van der Waals surface area contributed by atoms with Crippen molar-refractivity contribution in [3.63, 3.8) is 0 Å². The van der Waals surface area contributed by atoms with Crippen LogP contribution in [0, 0.1) is 5.92 Å². The highest BCUT2D eigenvalue weighted by molar-refractivity contribution is 5.87. The summed E-state index contributed by atoms with van der Waals surface area (Å²) in [5.41, 5.74) is 1.21. The molecule has 7 heteroatoms. The van der Waals surface area contributed by atoms with Crippen molar-refractivity contribution >= 4 is 41.5 Å². The molecule has 5 nitrogen and oxygen atoms in total. The van der Waals surface area contributed by atoms with E-state index in [0.29, 0.717) is 19.0 Å². The van der Waals surface area contributed by atoms with Gasteiger partial charge in [-0.05, 0) is 48.3 Å². The van der Waals surface area contributed by atoms with Gasteiger partial charge in [-0.25, -0.2) is 0 Å². The summed E-state index contributed by atoms with van der Waals surface area (Å²) in [6.45, 7) is 16.3. The Hall–Kier alpha value is -1.37. The third-order valence-electron chi connectivity index (χ3n) is 7.27. The number of likely N-dealkylation sites (N-methyl/N-ethyl adjacent to an activating group) is 1. The minimum Gasteiger partial charge on any atom is -0.379 e. The number of hydrogen-bond donors (Lipinski definition) is 1. The number of nitrogens with one attached hydrogen (secondary N) is 1. The third kappa shape index (κ3) is 7.56. The normalized spacial score (nSPS) is 16.1. The van der Waals surface area contributed by atoms with Gasteiger partial charge in [-0.1, -0.05) is 70.2 Å². The van der Waals surface area contributed by atoms with Crippen molar-refractivity contribution in [3.05, 3.63) is 48.0 Å². The molecule has 2 aromatic carbocycles. The zero-order chi connectivity index (χ0) is 23.0. The van der Waals surface area contributed by atoms with E-state index in [9.17, 15) is 4.79 Å². The molecule has 0 radical (unpaired) electrons. The molecule has 1 unspecified atom stereocenters. The molecule has 0 spiro atoms. The van der Waals surface area contributed by atoms with E-state index in [1.54, 1.807) is 0 Å². The van der Waals surface area contributed by atoms with Crippen molar-refractivity contribution in [2.45, 2.75) is 39.5 Å². The van der Waals surface area contributed by atoms with Crippen molar-refractivity contribution in [3.8, 4) is 0 Å². The lowest BCUT2D eigenvalue weighted by atomic mass is 9.67. The second-order valence-electron chi connectivity index (χ2n) is 9.28. The molecule has 0 aliphatic carbocycles. The predicted molar refractivity (Wildman–Crippen MR) is 148 cm³/mol. The second-order valence-corrected chi connectivity index (χ2v) is 9.28. The van der Waals surface area contributed by atoms with Gasteiger partial charge in [0.05, 0.1) is 19.8 Å². The Balaban J connectivity index is 0.00000289. The number of fused-ring (bicyclic) bond motifs is 1. The van der Waals surface area contributed by atoms with Gasteiger partial charge in [0.25, 0.3) is 0 Å². The van der Waals surface area contributed by atoms with Gasteiger partial charge < -0.3 is 10.1 Å². The fourth-order valence-electron chi connectivity index (χ4n) is 4.93. The topological polar surface area (TPSA) is 44.8 Å². The van der Waals surface area contributed by atoms with Crippen molar-refractivity contribution in [1.82, 2.24) is 15.1 Å². The molecule has 1 N–H and O–H groups in total. The first-order chi connectivity index (χ1) is 15.5. The molecule has 1 aliphatic rings. The molecule has 1 fully saturated rings. The van der Waals surface area contributed by atoms with Gasteiger partial charge in [0.2, 0.25) is 5.91 Å². The van der Waals surface area contributed by atoms with Gasteiger partial charge in [-0.3, -0.25) is 14.6 Å². The molecule has 2 aromatic rings. The Morgan fingerprint density at radius 1 is 1.06 bits per heavy atom. The number of nitrogens with zero attached hydrogens (tertiary/aromatic N) is 2. The van der Waals surface area contributed by atoms with Crippen molar-refractivity contribution in [2.24, 2.45) is 5.92 Å². The van der Waals surface area contributed by atoms with E-state index in [1.807, 2.05) is 0 Å². The van der Waals surface area contributed by atoms with E-state index in [1.165, 1.54) is 16.3 Å². The Morgan fingerprint density at radius 3 is 2.35 bits per heavy atom. The van der Waals surface area contributed by atoms with E-state index in [0.717, 1.165) is 52.4 Å². The molecule has 1 atom stereocenters. The summed E-state index contributed by atoms with van der Waals surface area (Å²) in [4.78, 5) is 17.5. The Labute approximate surface area is 218 Å². The summed E-state index contributed by atoms with van der Waals surface area (Å²) in [6.07, 6.45) is 1.00. The van der Waals surface area contributed by atoms with Crippen molar-refractivity contribution < 1.29 is 9.53 Å². The summed E-state index contributed by atoms with van der Waals surface area (Å²) in [7, 11) is 0. The summed E-state index contributed by atoms with van der Waals surface area (Å²) in [5.74, 6) is 0.494. The summed E-state index contributed by atoms with van der Waals surface area (Å²) in [5, 5.41) is 5.89. The van der Waals surface area contributed by atoms with E-state index < -0.39 is 0 Å². The van der Waals surface area contributed by atoms with Crippen LogP contribution in [-0.2, 0) is 14.9 Å². The molecule has 1 amide bonds. The first-order valence-electron chi connectivity index (χ1n) is 12.3. The Kier molecular flexibility index (Phi) is 13.4. The first-order valence-corrected chi connectivity index (χ1v) is 12.3. The lowest BCUT2D eigenvalue weighted by Crippen LogP contribution is -2.49. The third-order valence-corrected chi connectivity index (χ3v) is 7.27. The average molecular weight is 513 g/mol. The number of rotatable bonds is 11. The summed E-state index contributed by atoms with van der Waals surface area (Å²) < 4.78 is 5.56. The predicted octanol–water partition coefficient (Wildman–Crippen LogP) is 4.76. The highest BCUT2D eigenvalue weighted by Gasteiger charge is 2.37. The lowest BCUT2D eigenvalue weighted by Gasteiger charge is -2.41. The standard InChI is InChI=1S/C27H41N3O2.2ClH/c1-5-29(6-2)20-26(31)28-21-27(22(3)4,14-15-30-16-18-32-19-17-30)25-13-9-11-23-10-7-8-12-24(23)25;;/h7-13,22H,5-6,14-21H2,1-4H3,(H,28,31);2*1H. The molecule has 1 saturated heterocycles.